The fourth-order valence-electron chi connectivity index (χ4n) is 1.75. The van der Waals surface area contributed by atoms with Gasteiger partial charge in [-0.1, -0.05) is 0 Å². The van der Waals surface area contributed by atoms with Gasteiger partial charge in [0, 0.05) is 6.07 Å². The van der Waals surface area contributed by atoms with Crippen LogP contribution in [-0.4, -0.2) is 16.6 Å². The summed E-state index contributed by atoms with van der Waals surface area (Å²) in [6.45, 7) is 0.154. The summed E-state index contributed by atoms with van der Waals surface area (Å²) in [5.41, 5.74) is -1.80. The van der Waals surface area contributed by atoms with Gasteiger partial charge in [0.1, 0.15) is 5.76 Å². The second-order valence-corrected chi connectivity index (χ2v) is 5.60. The van der Waals surface area contributed by atoms with E-state index in [1.807, 2.05) is 0 Å². The number of hydrogen-bond donors (Lipinski definition) is 1. The molecule has 0 unspecified atom stereocenters. The number of furan rings is 1. The minimum atomic E-state index is -4.67. The van der Waals surface area contributed by atoms with Gasteiger partial charge in [0.25, 0.3) is 5.69 Å². The number of carbonyl (C=O) groups excluding carboxylic acids is 1. The third kappa shape index (κ3) is 4.75. The van der Waals surface area contributed by atoms with Gasteiger partial charge in [0.05, 0.1) is 33.9 Å². The highest BCUT2D eigenvalue weighted by molar-refractivity contribution is 8.00. The molecule has 0 atom stereocenters. The Hall–Kier alpha value is -2.49. The molecule has 2 aromatic rings. The number of hydrogen-bond acceptors (Lipinski definition) is 5. The van der Waals surface area contributed by atoms with E-state index in [0.29, 0.717) is 11.8 Å². The zero-order chi connectivity index (χ0) is 17.7. The molecule has 10 heteroatoms. The molecule has 2 rings (SSSR count). The van der Waals surface area contributed by atoms with Crippen molar-refractivity contribution in [2.24, 2.45) is 0 Å². The smallest absolute Gasteiger partial charge is 0.416 e. The van der Waals surface area contributed by atoms with Crippen LogP contribution in [0.4, 0.5) is 18.9 Å². The molecule has 6 nitrogen and oxygen atoms in total. The standard InChI is InChI=1S/C14H11F3N2O4S/c15-14(16,17)9-3-4-12(11(6-9)19(21)22)24-8-13(20)18-7-10-2-1-5-23-10/h1-6H,7-8H2,(H,18,20). The van der Waals surface area contributed by atoms with Crippen LogP contribution >= 0.6 is 11.8 Å². The first-order valence-electron chi connectivity index (χ1n) is 6.55. The number of carbonyl (C=O) groups is 1. The predicted octanol–water partition coefficient (Wildman–Crippen LogP) is 3.62. The van der Waals surface area contributed by atoms with Crippen molar-refractivity contribution in [1.82, 2.24) is 5.32 Å². The number of nitrogens with one attached hydrogen (secondary N) is 1. The van der Waals surface area contributed by atoms with Crippen LogP contribution in [0.1, 0.15) is 11.3 Å². The first-order valence-corrected chi connectivity index (χ1v) is 7.53. The average Bonchev–Trinajstić information content (AvgIpc) is 3.03. The molecular formula is C14H11F3N2O4S. The maximum Gasteiger partial charge on any atom is 0.416 e. The lowest BCUT2D eigenvalue weighted by Crippen LogP contribution is -2.24. The Balaban J connectivity index is 2.01. The quantitative estimate of drug-likeness (QED) is 0.483. The lowest BCUT2D eigenvalue weighted by molar-refractivity contribution is -0.388. The minimum Gasteiger partial charge on any atom is -0.467 e. The summed E-state index contributed by atoms with van der Waals surface area (Å²) in [7, 11) is 0. The van der Waals surface area contributed by atoms with Crippen LogP contribution in [0.15, 0.2) is 45.9 Å². The van der Waals surface area contributed by atoms with E-state index in [1.54, 1.807) is 12.1 Å². The van der Waals surface area contributed by atoms with Crippen LogP contribution in [0.5, 0.6) is 0 Å². The topological polar surface area (TPSA) is 85.4 Å². The van der Waals surface area contributed by atoms with Crippen molar-refractivity contribution in [3.05, 3.63) is 58.0 Å². The monoisotopic (exact) mass is 360 g/mol. The molecule has 1 amide bonds. The van der Waals surface area contributed by atoms with Crippen LogP contribution < -0.4 is 5.32 Å². The normalized spacial score (nSPS) is 11.3. The van der Waals surface area contributed by atoms with E-state index < -0.39 is 28.3 Å². The van der Waals surface area contributed by atoms with Crippen molar-refractivity contribution in [2.45, 2.75) is 17.6 Å². The van der Waals surface area contributed by atoms with E-state index in [1.165, 1.54) is 6.26 Å². The van der Waals surface area contributed by atoms with E-state index in [-0.39, 0.29) is 17.2 Å². The molecule has 1 heterocycles. The summed E-state index contributed by atoms with van der Waals surface area (Å²) < 4.78 is 42.9. The summed E-state index contributed by atoms with van der Waals surface area (Å²) in [5, 5.41) is 13.5. The summed E-state index contributed by atoms with van der Waals surface area (Å²) in [4.78, 5) is 21.7. The number of nitrogens with zero attached hydrogens (tertiary/aromatic N) is 1. The second kappa shape index (κ2) is 7.39. The largest absolute Gasteiger partial charge is 0.467 e. The van der Waals surface area contributed by atoms with Gasteiger partial charge in [-0.15, -0.1) is 11.8 Å². The molecule has 1 aromatic carbocycles. The van der Waals surface area contributed by atoms with Crippen LogP contribution in [0, 0.1) is 10.1 Å². The van der Waals surface area contributed by atoms with E-state index >= 15 is 0 Å². The van der Waals surface area contributed by atoms with Gasteiger partial charge in [0.15, 0.2) is 0 Å². The lowest BCUT2D eigenvalue weighted by atomic mass is 10.2. The third-order valence-corrected chi connectivity index (χ3v) is 3.94. The summed E-state index contributed by atoms with van der Waals surface area (Å²) >= 11 is 0.788. The van der Waals surface area contributed by atoms with Gasteiger partial charge in [-0.25, -0.2) is 0 Å². The predicted molar refractivity (Wildman–Crippen MR) is 79.4 cm³/mol. The van der Waals surface area contributed by atoms with Crippen LogP contribution in [0.25, 0.3) is 0 Å². The number of alkyl halides is 3. The summed E-state index contributed by atoms with van der Waals surface area (Å²) in [6.07, 6.45) is -3.23. The number of halogens is 3. The Morgan fingerprint density at radius 3 is 2.67 bits per heavy atom. The van der Waals surface area contributed by atoms with E-state index in [4.69, 9.17) is 4.42 Å². The Morgan fingerprint density at radius 2 is 2.08 bits per heavy atom. The highest BCUT2D eigenvalue weighted by Gasteiger charge is 2.33. The minimum absolute atomic E-state index is 0.0128. The fraction of sp³-hybridized carbons (Fsp3) is 0.214. The number of thioether (sulfide) groups is 1. The molecule has 0 saturated carbocycles. The SMILES string of the molecule is O=C(CSc1ccc(C(F)(F)F)cc1[N+](=O)[O-])NCc1ccco1. The molecule has 24 heavy (non-hydrogen) atoms. The number of nitro benzene ring substituents is 1. The van der Waals surface area contributed by atoms with Crippen molar-refractivity contribution >= 4 is 23.4 Å². The lowest BCUT2D eigenvalue weighted by Gasteiger charge is -2.08. The van der Waals surface area contributed by atoms with Gasteiger partial charge in [-0.05, 0) is 24.3 Å². The highest BCUT2D eigenvalue weighted by atomic mass is 32.2. The van der Waals surface area contributed by atoms with Gasteiger partial charge >= 0.3 is 6.18 Å². The zero-order valence-electron chi connectivity index (χ0n) is 12.0. The maximum absolute atomic E-state index is 12.6. The molecule has 0 aliphatic rings. The second-order valence-electron chi connectivity index (χ2n) is 4.58. The van der Waals surface area contributed by atoms with Crippen molar-refractivity contribution in [2.75, 3.05) is 5.75 Å². The van der Waals surface area contributed by atoms with E-state index in [2.05, 4.69) is 5.32 Å². The molecule has 0 saturated heterocycles. The molecule has 0 spiro atoms. The Kier molecular flexibility index (Phi) is 5.50. The van der Waals surface area contributed by atoms with Gasteiger partial charge in [-0.2, -0.15) is 13.2 Å². The van der Waals surface area contributed by atoms with Crippen molar-refractivity contribution < 1.29 is 27.3 Å². The Morgan fingerprint density at radius 1 is 1.33 bits per heavy atom. The number of nitro groups is 1. The number of benzene rings is 1. The fourth-order valence-corrected chi connectivity index (χ4v) is 2.59. The molecule has 1 aromatic heterocycles. The zero-order valence-corrected chi connectivity index (χ0v) is 12.8. The van der Waals surface area contributed by atoms with Gasteiger partial charge in [0.2, 0.25) is 5.91 Å². The van der Waals surface area contributed by atoms with Gasteiger partial charge in [-0.3, -0.25) is 14.9 Å². The van der Waals surface area contributed by atoms with Crippen molar-refractivity contribution in [3.63, 3.8) is 0 Å². The molecule has 1 N–H and O–H groups in total. The van der Waals surface area contributed by atoms with Crippen molar-refractivity contribution in [1.29, 1.82) is 0 Å². The van der Waals surface area contributed by atoms with Gasteiger partial charge < -0.3 is 9.73 Å². The molecule has 0 aliphatic carbocycles. The summed E-state index contributed by atoms with van der Waals surface area (Å²) in [5.74, 6) is -0.0631. The first-order chi connectivity index (χ1) is 11.3. The molecule has 0 fully saturated rings. The average molecular weight is 360 g/mol. The molecule has 0 radical (unpaired) electrons. The van der Waals surface area contributed by atoms with E-state index in [0.717, 1.165) is 23.9 Å². The van der Waals surface area contributed by atoms with Crippen LogP contribution in [0.2, 0.25) is 0 Å². The molecule has 0 aliphatic heterocycles. The third-order valence-electron chi connectivity index (χ3n) is 2.88. The number of rotatable bonds is 6. The highest BCUT2D eigenvalue weighted by Crippen LogP contribution is 2.36. The molecule has 128 valence electrons. The maximum atomic E-state index is 12.6. The first kappa shape index (κ1) is 17.9. The van der Waals surface area contributed by atoms with E-state index in [9.17, 15) is 28.1 Å². The number of amides is 1. The van der Waals surface area contributed by atoms with Crippen LogP contribution in [0.3, 0.4) is 0 Å². The molecular weight excluding hydrogens is 349 g/mol. The Bertz CT molecular complexity index is 732. The summed E-state index contributed by atoms with van der Waals surface area (Å²) in [6, 6.07) is 5.51. The Labute approximate surface area is 138 Å². The van der Waals surface area contributed by atoms with Crippen LogP contribution in [-0.2, 0) is 17.5 Å². The molecule has 0 bridgehead atoms. The van der Waals surface area contributed by atoms with Crippen molar-refractivity contribution in [3.8, 4) is 0 Å².